The first-order chi connectivity index (χ1) is 29.3. The highest BCUT2D eigenvalue weighted by atomic mass is 16.5. The number of rotatable bonds is 38. The van der Waals surface area contributed by atoms with E-state index < -0.39 is 0 Å². The third kappa shape index (κ3) is 19.0. The molecule has 0 spiro atoms. The van der Waals surface area contributed by atoms with Crippen LogP contribution in [-0.4, -0.2) is 24.4 Å². The Kier molecular flexibility index (Phi) is 26.1. The molecule has 0 radical (unpaired) electrons. The molecule has 0 amide bonds. The number of aromatic nitrogens is 1. The van der Waals surface area contributed by atoms with Crippen LogP contribution in [0, 0.1) is 0 Å². The van der Waals surface area contributed by atoms with Gasteiger partial charge in [-0.3, -0.25) is 0 Å². The zero-order chi connectivity index (χ0) is 41.4. The summed E-state index contributed by atoms with van der Waals surface area (Å²) in [6.07, 6.45) is 39.5. The van der Waals surface area contributed by atoms with Crippen LogP contribution in [0.15, 0.2) is 60.7 Å². The van der Waals surface area contributed by atoms with Crippen LogP contribution in [-0.2, 0) is 6.54 Å². The van der Waals surface area contributed by atoms with Gasteiger partial charge in [0, 0.05) is 28.4 Å². The lowest BCUT2D eigenvalue weighted by molar-refractivity contribution is 0.234. The summed E-state index contributed by atoms with van der Waals surface area (Å²) in [5.41, 5.74) is 3.71. The van der Waals surface area contributed by atoms with Gasteiger partial charge in [0.05, 0.1) is 19.8 Å². The van der Waals surface area contributed by atoms with Crippen molar-refractivity contribution in [3.63, 3.8) is 0 Å². The number of para-hydroxylation sites is 2. The van der Waals surface area contributed by atoms with E-state index in [1.807, 2.05) is 0 Å². The zero-order valence-electron chi connectivity index (χ0n) is 38.5. The highest BCUT2D eigenvalue weighted by Crippen LogP contribution is 2.41. The lowest BCUT2D eigenvalue weighted by Gasteiger charge is -2.20. The molecule has 0 saturated heterocycles. The highest BCUT2D eigenvalue weighted by molar-refractivity contribution is 6.08. The predicted octanol–water partition coefficient (Wildman–Crippen LogP) is 17.7. The van der Waals surface area contributed by atoms with E-state index in [0.717, 1.165) is 43.1 Å². The number of hydrogen-bond acceptors (Lipinski definition) is 3. The maximum atomic E-state index is 6.73. The summed E-state index contributed by atoms with van der Waals surface area (Å²) in [5.74, 6) is 2.51. The first kappa shape index (κ1) is 48.5. The molecule has 4 heteroatoms. The van der Waals surface area contributed by atoms with E-state index >= 15 is 0 Å². The van der Waals surface area contributed by atoms with E-state index in [0.29, 0.717) is 19.8 Å². The molecule has 0 fully saturated rings. The number of nitrogens with zero attached hydrogens (tertiary/aromatic N) is 1. The van der Waals surface area contributed by atoms with Crippen LogP contribution >= 0.6 is 0 Å². The summed E-state index contributed by atoms with van der Waals surface area (Å²) in [4.78, 5) is 0. The Morgan fingerprint density at radius 2 is 0.661 bits per heavy atom. The molecular formula is C55H87NO3. The number of hydrogen-bond donors (Lipinski definition) is 0. The fourth-order valence-electron chi connectivity index (χ4n) is 8.74. The SMILES string of the molecule is CCCCCCCCCCCCOc1cc(Cn2c3ccccc3c3ccccc32)cc(OCCCCCCCCCCCC)c1OCCCCCCCCCCCC. The molecule has 0 saturated carbocycles. The molecule has 330 valence electrons. The Labute approximate surface area is 362 Å². The van der Waals surface area contributed by atoms with Gasteiger partial charge in [-0.15, -0.1) is 0 Å². The molecule has 0 bridgehead atoms. The van der Waals surface area contributed by atoms with Gasteiger partial charge in [0.1, 0.15) is 0 Å². The summed E-state index contributed by atoms with van der Waals surface area (Å²) in [6, 6.07) is 22.1. The van der Waals surface area contributed by atoms with E-state index in [2.05, 4.69) is 86.0 Å². The molecule has 0 N–H and O–H groups in total. The number of unbranched alkanes of at least 4 members (excludes halogenated alkanes) is 27. The van der Waals surface area contributed by atoms with Crippen LogP contribution in [0.25, 0.3) is 21.8 Å². The van der Waals surface area contributed by atoms with Crippen LogP contribution in [0.1, 0.15) is 219 Å². The summed E-state index contributed by atoms with van der Waals surface area (Å²) < 4.78 is 22.6. The second kappa shape index (κ2) is 31.7. The summed E-state index contributed by atoms with van der Waals surface area (Å²) in [5, 5.41) is 2.60. The van der Waals surface area contributed by atoms with Gasteiger partial charge in [0.25, 0.3) is 0 Å². The van der Waals surface area contributed by atoms with E-state index in [1.54, 1.807) is 0 Å². The van der Waals surface area contributed by atoms with Crippen molar-refractivity contribution >= 4 is 21.8 Å². The Morgan fingerprint density at radius 1 is 0.356 bits per heavy atom. The van der Waals surface area contributed by atoms with Gasteiger partial charge in [-0.05, 0) is 49.1 Å². The Morgan fingerprint density at radius 3 is 1.02 bits per heavy atom. The molecule has 4 nitrogen and oxygen atoms in total. The molecular weight excluding hydrogens is 723 g/mol. The van der Waals surface area contributed by atoms with E-state index in [1.165, 1.54) is 201 Å². The van der Waals surface area contributed by atoms with Gasteiger partial charge in [-0.2, -0.15) is 0 Å². The summed E-state index contributed by atoms with van der Waals surface area (Å²) in [7, 11) is 0. The fraction of sp³-hybridized carbons (Fsp3) is 0.673. The maximum absolute atomic E-state index is 6.73. The molecule has 0 aliphatic carbocycles. The van der Waals surface area contributed by atoms with Crippen molar-refractivity contribution in [2.75, 3.05) is 19.8 Å². The van der Waals surface area contributed by atoms with Crippen LogP contribution < -0.4 is 14.2 Å². The third-order valence-corrected chi connectivity index (χ3v) is 12.4. The fourth-order valence-corrected chi connectivity index (χ4v) is 8.74. The minimum Gasteiger partial charge on any atom is -0.490 e. The van der Waals surface area contributed by atoms with Crippen molar-refractivity contribution in [3.05, 3.63) is 66.2 Å². The van der Waals surface area contributed by atoms with Gasteiger partial charge in [0.2, 0.25) is 5.75 Å². The second-order valence-corrected chi connectivity index (χ2v) is 17.6. The molecule has 0 aliphatic rings. The topological polar surface area (TPSA) is 32.6 Å². The minimum atomic E-state index is 0.700. The van der Waals surface area contributed by atoms with Crippen molar-refractivity contribution < 1.29 is 14.2 Å². The van der Waals surface area contributed by atoms with E-state index in [-0.39, 0.29) is 0 Å². The number of fused-ring (bicyclic) bond motifs is 3. The van der Waals surface area contributed by atoms with Crippen LogP contribution in [0.5, 0.6) is 17.2 Å². The standard InChI is InChI=1S/C55H87NO3/c1-4-7-10-13-16-19-22-25-28-35-42-57-53-45-48(47-56-51-40-33-31-38-49(51)50-39-32-34-41-52(50)56)46-54(58-43-36-29-26-23-20-17-14-11-8-5-2)55(53)59-44-37-30-27-24-21-18-15-12-9-6-3/h31-34,38-41,45-46H,4-30,35-37,42-44,47H2,1-3H3. The van der Waals surface area contributed by atoms with Gasteiger partial charge in [0.15, 0.2) is 11.5 Å². The van der Waals surface area contributed by atoms with Crippen molar-refractivity contribution in [1.29, 1.82) is 0 Å². The molecule has 4 aromatic rings. The Balaban J connectivity index is 1.43. The van der Waals surface area contributed by atoms with Gasteiger partial charge in [-0.1, -0.05) is 231 Å². The quantitative estimate of drug-likeness (QED) is 0.0423. The molecule has 3 aromatic carbocycles. The molecule has 0 aliphatic heterocycles. The van der Waals surface area contributed by atoms with Crippen LogP contribution in [0.4, 0.5) is 0 Å². The molecule has 1 aromatic heterocycles. The van der Waals surface area contributed by atoms with Gasteiger partial charge in [-0.25, -0.2) is 0 Å². The zero-order valence-corrected chi connectivity index (χ0v) is 38.5. The lowest BCUT2D eigenvalue weighted by atomic mass is 10.1. The van der Waals surface area contributed by atoms with Crippen LogP contribution in [0.2, 0.25) is 0 Å². The maximum Gasteiger partial charge on any atom is 0.203 e. The first-order valence-electron chi connectivity index (χ1n) is 25.3. The summed E-state index contributed by atoms with van der Waals surface area (Å²) >= 11 is 0. The van der Waals surface area contributed by atoms with Gasteiger partial charge < -0.3 is 18.8 Å². The number of benzene rings is 3. The average molecular weight is 810 g/mol. The normalized spacial score (nSPS) is 11.6. The molecule has 0 unspecified atom stereocenters. The van der Waals surface area contributed by atoms with Crippen LogP contribution in [0.3, 0.4) is 0 Å². The van der Waals surface area contributed by atoms with Crippen molar-refractivity contribution in [3.8, 4) is 17.2 Å². The van der Waals surface area contributed by atoms with Crippen molar-refractivity contribution in [2.45, 2.75) is 220 Å². The Hall–Kier alpha value is -3.14. The molecule has 0 atom stereocenters. The van der Waals surface area contributed by atoms with Crippen molar-refractivity contribution in [1.82, 2.24) is 4.57 Å². The largest absolute Gasteiger partial charge is 0.490 e. The monoisotopic (exact) mass is 810 g/mol. The highest BCUT2D eigenvalue weighted by Gasteiger charge is 2.18. The second-order valence-electron chi connectivity index (χ2n) is 17.6. The average Bonchev–Trinajstić information content (AvgIpc) is 3.57. The molecule has 1 heterocycles. The first-order valence-corrected chi connectivity index (χ1v) is 25.3. The van der Waals surface area contributed by atoms with E-state index in [9.17, 15) is 0 Å². The molecule has 59 heavy (non-hydrogen) atoms. The molecule has 4 rings (SSSR count). The predicted molar refractivity (Wildman–Crippen MR) is 257 cm³/mol. The number of ether oxygens (including phenoxy) is 3. The lowest BCUT2D eigenvalue weighted by Crippen LogP contribution is -2.08. The smallest absolute Gasteiger partial charge is 0.203 e. The summed E-state index contributed by atoms with van der Waals surface area (Å²) in [6.45, 7) is 9.76. The van der Waals surface area contributed by atoms with Crippen molar-refractivity contribution in [2.24, 2.45) is 0 Å². The third-order valence-electron chi connectivity index (χ3n) is 12.4. The minimum absolute atomic E-state index is 0.700. The van der Waals surface area contributed by atoms with Gasteiger partial charge >= 0.3 is 0 Å². The Bertz CT molecular complexity index is 1520. The van der Waals surface area contributed by atoms with E-state index in [4.69, 9.17) is 14.2 Å².